The van der Waals surface area contributed by atoms with Gasteiger partial charge in [0, 0.05) is 25.2 Å². The van der Waals surface area contributed by atoms with Gasteiger partial charge in [-0.2, -0.15) is 17.7 Å². The van der Waals surface area contributed by atoms with Crippen LogP contribution in [0.3, 0.4) is 0 Å². The summed E-state index contributed by atoms with van der Waals surface area (Å²) in [6, 6.07) is 4.90. The standard InChI is InChI=1S/C20H22F2N6O4S2/c1-10(29)6-11-7-13(21)17(14(22)8-11)15-9-12(18(23)30)19(33-15)25-16-4-5-24-20(26-16)27-34(31,32)28(2)3/h4-5,7-10,29H,6H2,1-3H3,(H2,23,30)(H2,24,25,26,27). The largest absolute Gasteiger partial charge is 0.393 e. The van der Waals surface area contributed by atoms with Gasteiger partial charge in [-0.15, -0.1) is 11.3 Å². The maximum atomic E-state index is 14.8. The topological polar surface area (TPSA) is 151 Å². The van der Waals surface area contributed by atoms with Crippen LogP contribution in [0.1, 0.15) is 22.8 Å². The minimum Gasteiger partial charge on any atom is -0.393 e. The summed E-state index contributed by atoms with van der Waals surface area (Å²) < 4.78 is 56.6. The Morgan fingerprint density at radius 3 is 2.47 bits per heavy atom. The van der Waals surface area contributed by atoms with Crippen LogP contribution < -0.4 is 15.8 Å². The number of aliphatic hydroxyl groups excluding tert-OH is 1. The molecule has 0 spiro atoms. The number of aromatic nitrogens is 2. The zero-order valence-electron chi connectivity index (χ0n) is 18.3. The van der Waals surface area contributed by atoms with Gasteiger partial charge in [-0.05, 0) is 43.2 Å². The number of carbonyl (C=O) groups excluding carboxylic acids is 1. The van der Waals surface area contributed by atoms with Crippen LogP contribution in [0.5, 0.6) is 0 Å². The monoisotopic (exact) mass is 512 g/mol. The van der Waals surface area contributed by atoms with E-state index in [2.05, 4.69) is 20.0 Å². The third-order valence-electron chi connectivity index (χ3n) is 4.48. The fourth-order valence-electron chi connectivity index (χ4n) is 2.91. The molecule has 3 aromatic rings. The van der Waals surface area contributed by atoms with Crippen LogP contribution in [0.2, 0.25) is 0 Å². The van der Waals surface area contributed by atoms with Crippen LogP contribution in [0, 0.1) is 11.6 Å². The smallest absolute Gasteiger partial charge is 0.303 e. The van der Waals surface area contributed by atoms with Gasteiger partial charge < -0.3 is 16.2 Å². The second-order valence-electron chi connectivity index (χ2n) is 7.49. The van der Waals surface area contributed by atoms with Crippen molar-refractivity contribution in [1.82, 2.24) is 14.3 Å². The van der Waals surface area contributed by atoms with Gasteiger partial charge in [0.1, 0.15) is 22.5 Å². The molecule has 1 aromatic carbocycles. The fraction of sp³-hybridized carbons (Fsp3) is 0.250. The lowest BCUT2D eigenvalue weighted by Gasteiger charge is -2.12. The second-order valence-corrected chi connectivity index (χ2v) is 10.4. The number of nitrogens with one attached hydrogen (secondary N) is 2. The van der Waals surface area contributed by atoms with E-state index < -0.39 is 33.9 Å². The van der Waals surface area contributed by atoms with Gasteiger partial charge in [-0.25, -0.2) is 18.5 Å². The molecule has 5 N–H and O–H groups in total. The van der Waals surface area contributed by atoms with E-state index in [-0.39, 0.29) is 44.8 Å². The molecule has 0 bridgehead atoms. The number of benzene rings is 1. The van der Waals surface area contributed by atoms with Crippen molar-refractivity contribution in [3.8, 4) is 10.4 Å². The van der Waals surface area contributed by atoms with Crippen LogP contribution in [-0.4, -0.2) is 53.9 Å². The van der Waals surface area contributed by atoms with Crippen LogP contribution in [0.4, 0.5) is 25.5 Å². The number of nitrogens with two attached hydrogens (primary N) is 1. The number of nitrogens with zero attached hydrogens (tertiary/aromatic N) is 3. The molecule has 34 heavy (non-hydrogen) atoms. The summed E-state index contributed by atoms with van der Waals surface area (Å²) in [5, 5.41) is 12.4. The van der Waals surface area contributed by atoms with Gasteiger partial charge in [-0.1, -0.05) is 0 Å². The van der Waals surface area contributed by atoms with Crippen molar-refractivity contribution in [2.75, 3.05) is 24.1 Å². The third-order valence-corrected chi connectivity index (χ3v) is 6.95. The third kappa shape index (κ3) is 5.83. The molecule has 0 saturated carbocycles. The van der Waals surface area contributed by atoms with E-state index in [0.29, 0.717) is 0 Å². The number of thiophene rings is 1. The van der Waals surface area contributed by atoms with Crippen molar-refractivity contribution >= 4 is 44.2 Å². The summed E-state index contributed by atoms with van der Waals surface area (Å²) in [4.78, 5) is 19.9. The number of hydrogen-bond donors (Lipinski definition) is 4. The molecule has 14 heteroatoms. The SMILES string of the molecule is CC(O)Cc1cc(F)c(-c2cc(C(N)=O)c(Nc3ccnc(NS(=O)(=O)N(C)C)n3)s2)c(F)c1. The molecule has 0 aliphatic rings. The summed E-state index contributed by atoms with van der Waals surface area (Å²) >= 11 is 0.859. The summed E-state index contributed by atoms with van der Waals surface area (Å²) in [5.74, 6) is -2.69. The van der Waals surface area contributed by atoms with Crippen molar-refractivity contribution in [3.63, 3.8) is 0 Å². The molecule has 10 nitrogen and oxygen atoms in total. The highest BCUT2D eigenvalue weighted by molar-refractivity contribution is 7.90. The van der Waals surface area contributed by atoms with E-state index in [4.69, 9.17) is 5.73 Å². The zero-order valence-corrected chi connectivity index (χ0v) is 20.0. The van der Waals surface area contributed by atoms with E-state index in [1.165, 1.54) is 39.3 Å². The molecule has 1 atom stereocenters. The quantitative estimate of drug-likeness (QED) is 0.344. The Morgan fingerprint density at radius 2 is 1.91 bits per heavy atom. The molecule has 0 saturated heterocycles. The average molecular weight is 513 g/mol. The Morgan fingerprint density at radius 1 is 1.26 bits per heavy atom. The molecule has 0 fully saturated rings. The van der Waals surface area contributed by atoms with Crippen LogP contribution >= 0.6 is 11.3 Å². The number of hydrogen-bond acceptors (Lipinski definition) is 8. The lowest BCUT2D eigenvalue weighted by molar-refractivity contribution is 0.100. The lowest BCUT2D eigenvalue weighted by atomic mass is 10.0. The highest BCUT2D eigenvalue weighted by atomic mass is 32.2. The molecule has 182 valence electrons. The predicted octanol–water partition coefficient (Wildman–Crippen LogP) is 2.47. The van der Waals surface area contributed by atoms with Crippen LogP contribution in [0.15, 0.2) is 30.5 Å². The lowest BCUT2D eigenvalue weighted by Crippen LogP contribution is -2.29. The van der Waals surface area contributed by atoms with Crippen molar-refractivity contribution in [1.29, 1.82) is 0 Å². The second kappa shape index (κ2) is 9.97. The highest BCUT2D eigenvalue weighted by Crippen LogP contribution is 2.39. The van der Waals surface area contributed by atoms with E-state index >= 15 is 0 Å². The first-order chi connectivity index (χ1) is 15.9. The highest BCUT2D eigenvalue weighted by Gasteiger charge is 2.22. The Labute approximate surface area is 198 Å². The fourth-order valence-corrected chi connectivity index (χ4v) is 4.54. The molecule has 0 aliphatic heterocycles. The number of halogens is 2. The van der Waals surface area contributed by atoms with Gasteiger partial charge in [0.2, 0.25) is 5.95 Å². The molecule has 1 amide bonds. The summed E-state index contributed by atoms with van der Waals surface area (Å²) in [6.07, 6.45) is 0.580. The number of carbonyl (C=O) groups is 1. The molecule has 3 rings (SSSR count). The van der Waals surface area contributed by atoms with E-state index in [0.717, 1.165) is 27.8 Å². The van der Waals surface area contributed by atoms with Gasteiger partial charge in [0.15, 0.2) is 0 Å². The molecule has 0 aliphatic carbocycles. The van der Waals surface area contributed by atoms with Crippen LogP contribution in [-0.2, 0) is 16.6 Å². The Hall–Kier alpha value is -3.20. The number of aliphatic hydroxyl groups is 1. The maximum Gasteiger partial charge on any atom is 0.303 e. The van der Waals surface area contributed by atoms with E-state index in [1.807, 2.05) is 0 Å². The number of amides is 1. The van der Waals surface area contributed by atoms with Crippen molar-refractivity contribution in [3.05, 3.63) is 53.2 Å². The Balaban J connectivity index is 1.96. The molecule has 2 heterocycles. The van der Waals surface area contributed by atoms with Crippen molar-refractivity contribution in [2.45, 2.75) is 19.4 Å². The zero-order chi connectivity index (χ0) is 25.2. The molecule has 1 unspecified atom stereocenters. The number of anilines is 3. The number of primary amides is 1. The van der Waals surface area contributed by atoms with E-state index in [1.54, 1.807) is 0 Å². The first-order valence-corrected chi connectivity index (χ1v) is 12.0. The summed E-state index contributed by atoms with van der Waals surface area (Å²) in [6.45, 7) is 1.50. The van der Waals surface area contributed by atoms with Gasteiger partial charge >= 0.3 is 10.2 Å². The molecule has 2 aromatic heterocycles. The average Bonchev–Trinajstić information content (AvgIpc) is 3.10. The summed E-state index contributed by atoms with van der Waals surface area (Å²) in [5.41, 5.74) is 5.34. The molecular weight excluding hydrogens is 490 g/mol. The number of rotatable bonds is 9. The normalized spacial score (nSPS) is 12.6. The first kappa shape index (κ1) is 25.4. The van der Waals surface area contributed by atoms with Crippen molar-refractivity contribution < 1.29 is 27.1 Å². The van der Waals surface area contributed by atoms with Crippen molar-refractivity contribution in [2.24, 2.45) is 5.73 Å². The predicted molar refractivity (Wildman–Crippen MR) is 125 cm³/mol. The van der Waals surface area contributed by atoms with Crippen LogP contribution in [0.25, 0.3) is 10.4 Å². The summed E-state index contributed by atoms with van der Waals surface area (Å²) in [7, 11) is -1.20. The minimum absolute atomic E-state index is 0.0408. The maximum absolute atomic E-state index is 14.8. The Kier molecular flexibility index (Phi) is 7.45. The first-order valence-electron chi connectivity index (χ1n) is 9.77. The minimum atomic E-state index is -3.86. The van der Waals surface area contributed by atoms with E-state index in [9.17, 15) is 27.1 Å². The van der Waals surface area contributed by atoms with Gasteiger partial charge in [0.05, 0.1) is 17.2 Å². The van der Waals surface area contributed by atoms with Gasteiger partial charge in [0.25, 0.3) is 5.91 Å². The van der Waals surface area contributed by atoms with Gasteiger partial charge in [-0.3, -0.25) is 4.79 Å². The molecule has 0 radical (unpaired) electrons. The Bertz CT molecular complexity index is 1310. The molecular formula is C20H22F2N6O4S2.